The molecule has 2 aromatic heterocycles. The molecule has 1 saturated heterocycles. The minimum Gasteiger partial charge on any atom is -0.473 e. The quantitative estimate of drug-likeness (QED) is 0.785. The van der Waals surface area contributed by atoms with E-state index in [9.17, 15) is 0 Å². The molecule has 1 N–H and O–H groups in total. The molecule has 26 heavy (non-hydrogen) atoms. The van der Waals surface area contributed by atoms with Crippen LogP contribution in [0.25, 0.3) is 10.9 Å². The molecule has 1 fully saturated rings. The molecule has 0 spiro atoms. The van der Waals surface area contributed by atoms with Gasteiger partial charge in [0, 0.05) is 24.9 Å². The van der Waals surface area contributed by atoms with Crippen molar-refractivity contribution in [1.82, 2.24) is 20.3 Å². The maximum absolute atomic E-state index is 6.17. The third kappa shape index (κ3) is 2.86. The van der Waals surface area contributed by atoms with E-state index < -0.39 is 0 Å². The number of ether oxygens (including phenoxy) is 1. The SMILES string of the molecule is c1ccc2ncc(N3CCc4ncnc(OC5CCNC5)c4C3)cc2c1. The van der Waals surface area contributed by atoms with Crippen LogP contribution in [0.3, 0.4) is 0 Å². The Kier molecular flexibility index (Phi) is 3.90. The third-order valence-electron chi connectivity index (χ3n) is 5.20. The Morgan fingerprint density at radius 2 is 2.12 bits per heavy atom. The Balaban J connectivity index is 1.44. The summed E-state index contributed by atoms with van der Waals surface area (Å²) in [4.78, 5) is 15.9. The van der Waals surface area contributed by atoms with Crippen molar-refractivity contribution in [2.75, 3.05) is 24.5 Å². The number of nitrogens with zero attached hydrogens (tertiary/aromatic N) is 4. The zero-order valence-corrected chi connectivity index (χ0v) is 14.6. The molecule has 0 bridgehead atoms. The highest BCUT2D eigenvalue weighted by Crippen LogP contribution is 2.30. The number of hydrogen-bond donors (Lipinski definition) is 1. The van der Waals surface area contributed by atoms with Crippen LogP contribution < -0.4 is 15.0 Å². The maximum Gasteiger partial charge on any atom is 0.222 e. The molecule has 2 aliphatic rings. The monoisotopic (exact) mass is 347 g/mol. The molecule has 3 aromatic rings. The first kappa shape index (κ1) is 15.5. The fourth-order valence-corrected chi connectivity index (χ4v) is 3.76. The Morgan fingerprint density at radius 1 is 1.15 bits per heavy atom. The molecule has 1 atom stereocenters. The summed E-state index contributed by atoms with van der Waals surface area (Å²) in [5.41, 5.74) is 4.37. The van der Waals surface area contributed by atoms with Crippen LogP contribution in [-0.2, 0) is 13.0 Å². The zero-order chi connectivity index (χ0) is 17.3. The molecule has 1 unspecified atom stereocenters. The van der Waals surface area contributed by atoms with Gasteiger partial charge in [0.05, 0.1) is 35.2 Å². The number of hydrogen-bond acceptors (Lipinski definition) is 6. The van der Waals surface area contributed by atoms with Gasteiger partial charge in [-0.2, -0.15) is 0 Å². The molecule has 2 aliphatic heterocycles. The number of pyridine rings is 1. The van der Waals surface area contributed by atoms with E-state index in [4.69, 9.17) is 4.74 Å². The van der Waals surface area contributed by atoms with Crippen LogP contribution in [0.1, 0.15) is 17.7 Å². The topological polar surface area (TPSA) is 63.2 Å². The Bertz CT molecular complexity index is 938. The zero-order valence-electron chi connectivity index (χ0n) is 14.6. The van der Waals surface area contributed by atoms with Gasteiger partial charge in [0.25, 0.3) is 0 Å². The minimum atomic E-state index is 0.201. The fraction of sp³-hybridized carbons (Fsp3) is 0.350. The van der Waals surface area contributed by atoms with Gasteiger partial charge in [0.15, 0.2) is 0 Å². The normalized spacial score (nSPS) is 19.5. The van der Waals surface area contributed by atoms with Crippen LogP contribution in [0.2, 0.25) is 0 Å². The highest BCUT2D eigenvalue weighted by Gasteiger charge is 2.25. The fourth-order valence-electron chi connectivity index (χ4n) is 3.76. The summed E-state index contributed by atoms with van der Waals surface area (Å²) in [5.74, 6) is 0.738. The van der Waals surface area contributed by atoms with Gasteiger partial charge in [0.1, 0.15) is 12.4 Å². The van der Waals surface area contributed by atoms with Crippen LogP contribution in [0.15, 0.2) is 42.9 Å². The number of para-hydroxylation sites is 1. The van der Waals surface area contributed by atoms with E-state index in [1.807, 2.05) is 18.3 Å². The average molecular weight is 347 g/mol. The number of rotatable bonds is 3. The lowest BCUT2D eigenvalue weighted by Crippen LogP contribution is -2.32. The molecule has 5 rings (SSSR count). The molecule has 132 valence electrons. The van der Waals surface area contributed by atoms with Crippen LogP contribution in [0.5, 0.6) is 5.88 Å². The summed E-state index contributed by atoms with van der Waals surface area (Å²) >= 11 is 0. The summed E-state index contributed by atoms with van der Waals surface area (Å²) in [7, 11) is 0. The summed E-state index contributed by atoms with van der Waals surface area (Å²) < 4.78 is 6.17. The largest absolute Gasteiger partial charge is 0.473 e. The second-order valence-electron chi connectivity index (χ2n) is 6.89. The van der Waals surface area contributed by atoms with Crippen molar-refractivity contribution < 1.29 is 4.74 Å². The van der Waals surface area contributed by atoms with E-state index in [1.165, 1.54) is 0 Å². The van der Waals surface area contributed by atoms with Gasteiger partial charge in [-0.25, -0.2) is 9.97 Å². The molecule has 0 saturated carbocycles. The van der Waals surface area contributed by atoms with E-state index in [2.05, 4.69) is 43.4 Å². The standard InChI is InChI=1S/C20H21N5O/c1-2-4-18-14(3-1)9-15(10-22-18)25-8-6-19-17(12-25)20(24-13-23-19)26-16-5-7-21-11-16/h1-4,9-10,13,16,21H,5-8,11-12H2. The van der Waals surface area contributed by atoms with Crippen molar-refractivity contribution in [2.45, 2.75) is 25.5 Å². The summed E-state index contributed by atoms with van der Waals surface area (Å²) in [6.07, 6.45) is 5.70. The van der Waals surface area contributed by atoms with Gasteiger partial charge in [0.2, 0.25) is 5.88 Å². The van der Waals surface area contributed by atoms with Crippen LogP contribution >= 0.6 is 0 Å². The lowest BCUT2D eigenvalue weighted by Gasteiger charge is -2.31. The van der Waals surface area contributed by atoms with Crippen molar-refractivity contribution >= 4 is 16.6 Å². The molecule has 1 aromatic carbocycles. The van der Waals surface area contributed by atoms with E-state index in [-0.39, 0.29) is 6.10 Å². The number of fused-ring (bicyclic) bond motifs is 2. The predicted octanol–water partition coefficient (Wildman–Crippen LogP) is 2.33. The molecule has 6 nitrogen and oxygen atoms in total. The Labute approximate surface area is 152 Å². The van der Waals surface area contributed by atoms with Gasteiger partial charge in [-0.3, -0.25) is 4.98 Å². The second kappa shape index (κ2) is 6.53. The molecule has 0 aliphatic carbocycles. The van der Waals surface area contributed by atoms with Crippen LogP contribution in [0, 0.1) is 0 Å². The number of benzene rings is 1. The van der Waals surface area contributed by atoms with Gasteiger partial charge in [-0.1, -0.05) is 18.2 Å². The molecular weight excluding hydrogens is 326 g/mol. The van der Waals surface area contributed by atoms with Crippen molar-refractivity contribution in [2.24, 2.45) is 0 Å². The van der Waals surface area contributed by atoms with E-state index in [0.29, 0.717) is 0 Å². The first-order valence-electron chi connectivity index (χ1n) is 9.17. The number of nitrogens with one attached hydrogen (secondary N) is 1. The predicted molar refractivity (Wildman–Crippen MR) is 100 cm³/mol. The van der Waals surface area contributed by atoms with E-state index in [0.717, 1.165) is 72.7 Å². The Morgan fingerprint density at radius 3 is 3.04 bits per heavy atom. The average Bonchev–Trinajstić information content (AvgIpc) is 3.21. The molecule has 0 amide bonds. The van der Waals surface area contributed by atoms with Gasteiger partial charge >= 0.3 is 0 Å². The van der Waals surface area contributed by atoms with Gasteiger partial charge in [-0.05, 0) is 25.1 Å². The van der Waals surface area contributed by atoms with Gasteiger partial charge < -0.3 is 15.0 Å². The first-order chi connectivity index (χ1) is 12.9. The third-order valence-corrected chi connectivity index (χ3v) is 5.20. The lowest BCUT2D eigenvalue weighted by molar-refractivity contribution is 0.210. The van der Waals surface area contributed by atoms with Crippen molar-refractivity contribution in [3.63, 3.8) is 0 Å². The van der Waals surface area contributed by atoms with Crippen molar-refractivity contribution in [3.8, 4) is 5.88 Å². The smallest absolute Gasteiger partial charge is 0.222 e. The molecule has 0 radical (unpaired) electrons. The summed E-state index contributed by atoms with van der Waals surface area (Å²) in [5, 5.41) is 4.50. The Hall–Kier alpha value is -2.73. The summed E-state index contributed by atoms with van der Waals surface area (Å²) in [6.45, 7) is 3.57. The molecular formula is C20H21N5O. The molecule has 6 heteroatoms. The van der Waals surface area contributed by atoms with E-state index >= 15 is 0 Å². The first-order valence-corrected chi connectivity index (χ1v) is 9.17. The number of anilines is 1. The van der Waals surface area contributed by atoms with Crippen molar-refractivity contribution in [3.05, 3.63) is 54.1 Å². The van der Waals surface area contributed by atoms with Crippen molar-refractivity contribution in [1.29, 1.82) is 0 Å². The highest BCUT2D eigenvalue weighted by atomic mass is 16.5. The number of aromatic nitrogens is 3. The van der Waals surface area contributed by atoms with Gasteiger partial charge in [-0.15, -0.1) is 0 Å². The van der Waals surface area contributed by atoms with Crippen LogP contribution in [0.4, 0.5) is 5.69 Å². The molecule has 4 heterocycles. The highest BCUT2D eigenvalue weighted by molar-refractivity contribution is 5.81. The minimum absolute atomic E-state index is 0.201. The van der Waals surface area contributed by atoms with E-state index in [1.54, 1.807) is 6.33 Å². The summed E-state index contributed by atoms with van der Waals surface area (Å²) in [6, 6.07) is 10.4. The maximum atomic E-state index is 6.17. The second-order valence-corrected chi connectivity index (χ2v) is 6.89. The van der Waals surface area contributed by atoms with Crippen LogP contribution in [-0.4, -0.2) is 40.7 Å². The lowest BCUT2D eigenvalue weighted by atomic mass is 10.1.